The van der Waals surface area contributed by atoms with Gasteiger partial charge in [-0.25, -0.2) is 0 Å². The van der Waals surface area contributed by atoms with Crippen LogP contribution in [0.1, 0.15) is 169 Å². The lowest BCUT2D eigenvalue weighted by atomic mass is 9.43. The Labute approximate surface area is 350 Å². The summed E-state index contributed by atoms with van der Waals surface area (Å²) in [6.07, 6.45) is 25.6. The molecule has 0 spiro atoms. The predicted octanol–water partition coefficient (Wildman–Crippen LogP) is 9.16. The molecule has 0 radical (unpaired) electrons. The summed E-state index contributed by atoms with van der Waals surface area (Å²) in [6, 6.07) is 0. The fourth-order valence-electron chi connectivity index (χ4n) is 12.6. The van der Waals surface area contributed by atoms with E-state index in [1.807, 2.05) is 0 Å². The van der Waals surface area contributed by atoms with Crippen LogP contribution in [-0.4, -0.2) is 87.4 Å². The van der Waals surface area contributed by atoms with E-state index in [1.165, 1.54) is 51.4 Å². The fourth-order valence-corrected chi connectivity index (χ4v) is 12.8. The van der Waals surface area contributed by atoms with Gasteiger partial charge in [-0.15, -0.1) is 0 Å². The maximum Gasteiger partial charge on any atom is 0.222 e. The molecule has 11 atom stereocenters. The molecule has 328 valence electrons. The highest BCUT2D eigenvalue weighted by Gasteiger charge is 2.66. The number of carbonyl (C=O) groups is 1. The summed E-state index contributed by atoms with van der Waals surface area (Å²) in [5.74, 6) is 4.76. The van der Waals surface area contributed by atoms with Gasteiger partial charge in [-0.1, -0.05) is 66.2 Å². The molecule has 56 heavy (non-hydrogen) atoms. The Morgan fingerprint density at radius 1 is 0.750 bits per heavy atom. The van der Waals surface area contributed by atoms with Gasteiger partial charge in [-0.05, 0) is 163 Å². The number of thiol groups is 1. The molecule has 9 heteroatoms. The average Bonchev–Trinajstić information content (AvgIpc) is 3.55. The third-order valence-corrected chi connectivity index (χ3v) is 16.1. The van der Waals surface area contributed by atoms with E-state index in [-0.39, 0.29) is 23.0 Å². The topological polar surface area (TPSA) is 126 Å². The zero-order valence-electron chi connectivity index (χ0n) is 36.9. The first kappa shape index (κ1) is 48.2. The normalized spacial score (nSPS) is 33.1. The number of amides is 1. The van der Waals surface area contributed by atoms with Crippen LogP contribution in [-0.2, 0) is 19.0 Å². The summed E-state index contributed by atoms with van der Waals surface area (Å²) in [7, 11) is 0. The first-order valence-electron chi connectivity index (χ1n) is 24.0. The van der Waals surface area contributed by atoms with Crippen LogP contribution in [0.4, 0.5) is 0 Å². The molecule has 0 aromatic rings. The predicted molar refractivity (Wildman–Crippen MR) is 237 cm³/mol. The Bertz CT molecular complexity index is 1090. The second-order valence-corrected chi connectivity index (χ2v) is 19.7. The molecule has 0 heterocycles. The minimum Gasteiger partial charge on any atom is -0.378 e. The largest absolute Gasteiger partial charge is 0.378 e. The van der Waals surface area contributed by atoms with Crippen molar-refractivity contribution in [1.82, 2.24) is 4.90 Å². The number of carbonyl (C=O) groups excluding carboxylic acids is 1. The van der Waals surface area contributed by atoms with Crippen molar-refractivity contribution in [2.24, 2.45) is 63.5 Å². The van der Waals surface area contributed by atoms with Gasteiger partial charge in [0.25, 0.3) is 0 Å². The van der Waals surface area contributed by atoms with Crippen molar-refractivity contribution < 1.29 is 19.0 Å². The molecule has 6 N–H and O–H groups in total. The highest BCUT2D eigenvalue weighted by molar-refractivity contribution is 7.80. The van der Waals surface area contributed by atoms with E-state index in [4.69, 9.17) is 31.4 Å². The van der Waals surface area contributed by atoms with E-state index < -0.39 is 0 Å². The van der Waals surface area contributed by atoms with Gasteiger partial charge in [-0.2, -0.15) is 12.6 Å². The lowest BCUT2D eigenvalue weighted by Crippen LogP contribution is -2.63. The van der Waals surface area contributed by atoms with Crippen LogP contribution in [0.2, 0.25) is 0 Å². The number of hydrogen-bond acceptors (Lipinski definition) is 8. The number of rotatable bonds is 29. The quantitative estimate of drug-likeness (QED) is 0.0439. The minimum atomic E-state index is 0.0946. The molecule has 0 aromatic carbocycles. The summed E-state index contributed by atoms with van der Waals surface area (Å²) < 4.78 is 20.5. The molecule has 1 amide bonds. The van der Waals surface area contributed by atoms with Crippen LogP contribution < -0.4 is 17.2 Å². The zero-order chi connectivity index (χ0) is 40.4. The smallest absolute Gasteiger partial charge is 0.222 e. The summed E-state index contributed by atoms with van der Waals surface area (Å²) in [6.45, 7) is 16.2. The Hall–Kier alpha value is -0.420. The summed E-state index contributed by atoms with van der Waals surface area (Å²) in [5, 5.41) is 0. The van der Waals surface area contributed by atoms with Gasteiger partial charge in [0.05, 0.1) is 18.3 Å². The van der Waals surface area contributed by atoms with Gasteiger partial charge in [0, 0.05) is 44.7 Å². The molecule has 4 saturated carbocycles. The van der Waals surface area contributed by atoms with Crippen molar-refractivity contribution in [1.29, 1.82) is 0 Å². The van der Waals surface area contributed by atoms with Crippen molar-refractivity contribution in [3.05, 3.63) is 0 Å². The molecule has 4 aliphatic rings. The summed E-state index contributed by atoms with van der Waals surface area (Å²) in [5.41, 5.74) is 18.2. The van der Waals surface area contributed by atoms with Gasteiger partial charge in [0.2, 0.25) is 5.91 Å². The van der Waals surface area contributed by atoms with Crippen LogP contribution >= 0.6 is 12.6 Å². The summed E-state index contributed by atoms with van der Waals surface area (Å²) >= 11 is 4.39. The van der Waals surface area contributed by atoms with Crippen LogP contribution in [0.3, 0.4) is 0 Å². The molecule has 8 nitrogen and oxygen atoms in total. The molecular formula is C47H90N4O4S. The number of hydrogen-bond donors (Lipinski definition) is 4. The minimum absolute atomic E-state index is 0.0946. The molecule has 0 aliphatic heterocycles. The van der Waals surface area contributed by atoms with Gasteiger partial charge in [0.1, 0.15) is 0 Å². The molecule has 0 bridgehead atoms. The standard InChI is InChI=1S/C47H90N4O4S/c1-5-6-7-8-9-12-27-51(44(52)19-11-10-13-32-56)28-14-18-36(2)39-20-21-40-45-41(35-43(47(39,40)4)55-31-17-26-50)46(3)23-22-38(53-29-15-24-48)33-37(46)34-42(45)54-30-16-25-49/h36-43,45,56H,5-35,48-50H2,1-4H3/t36-,37?,38-,39-,40+,41+,42-,43+,45?,46+,47?/m1/s1. The number of nitrogens with zero attached hydrogens (tertiary/aromatic N) is 1. The lowest BCUT2D eigenvalue weighted by molar-refractivity contribution is -0.227. The maximum absolute atomic E-state index is 13.5. The van der Waals surface area contributed by atoms with E-state index in [2.05, 4.69) is 45.2 Å². The van der Waals surface area contributed by atoms with Crippen molar-refractivity contribution in [2.45, 2.75) is 187 Å². The second-order valence-electron chi connectivity index (χ2n) is 19.3. The Kier molecular flexibility index (Phi) is 21.9. The SMILES string of the molecule is CCCCCCCCN(CCC[C@@H](C)[C@H]1CC[C@H]2C3[C@H](OCCCN)CC4C[C@H](OCCCN)CC[C@]4(C)[C@H]3C[C@H](OCCCN)C12C)C(=O)CCCCCS. The zero-order valence-corrected chi connectivity index (χ0v) is 37.8. The van der Waals surface area contributed by atoms with E-state index in [9.17, 15) is 4.79 Å². The van der Waals surface area contributed by atoms with Gasteiger partial charge in [0.15, 0.2) is 0 Å². The Morgan fingerprint density at radius 3 is 2.12 bits per heavy atom. The number of unbranched alkanes of at least 4 members (excludes halogenated alkanes) is 7. The Morgan fingerprint density at radius 2 is 1.41 bits per heavy atom. The highest BCUT2D eigenvalue weighted by Crippen LogP contribution is 2.69. The molecule has 4 rings (SSSR count). The Balaban J connectivity index is 1.50. The van der Waals surface area contributed by atoms with Crippen molar-refractivity contribution in [3.63, 3.8) is 0 Å². The maximum atomic E-state index is 13.5. The van der Waals surface area contributed by atoms with Crippen LogP contribution in [0.15, 0.2) is 0 Å². The van der Waals surface area contributed by atoms with E-state index >= 15 is 0 Å². The van der Waals surface area contributed by atoms with Gasteiger partial charge >= 0.3 is 0 Å². The van der Waals surface area contributed by atoms with E-state index in [0.717, 1.165) is 122 Å². The van der Waals surface area contributed by atoms with Crippen molar-refractivity contribution >= 4 is 18.5 Å². The first-order valence-corrected chi connectivity index (χ1v) is 24.7. The van der Waals surface area contributed by atoms with E-state index in [1.54, 1.807) is 0 Å². The molecular weight excluding hydrogens is 717 g/mol. The van der Waals surface area contributed by atoms with E-state index in [0.29, 0.717) is 73.6 Å². The summed E-state index contributed by atoms with van der Waals surface area (Å²) in [4.78, 5) is 15.8. The van der Waals surface area contributed by atoms with Crippen LogP contribution in [0, 0.1) is 46.3 Å². The number of nitrogens with two attached hydrogens (primary N) is 3. The van der Waals surface area contributed by atoms with Crippen molar-refractivity contribution in [2.75, 3.05) is 58.3 Å². The highest BCUT2D eigenvalue weighted by atomic mass is 32.1. The van der Waals surface area contributed by atoms with Crippen LogP contribution in [0.5, 0.6) is 0 Å². The molecule has 4 fully saturated rings. The third-order valence-electron chi connectivity index (χ3n) is 15.8. The van der Waals surface area contributed by atoms with Crippen LogP contribution in [0.25, 0.3) is 0 Å². The number of fused-ring (bicyclic) bond motifs is 5. The second kappa shape index (κ2) is 25.4. The number of ether oxygens (including phenoxy) is 3. The molecule has 3 unspecified atom stereocenters. The van der Waals surface area contributed by atoms with Gasteiger partial charge in [-0.3, -0.25) is 4.79 Å². The fraction of sp³-hybridized carbons (Fsp3) is 0.979. The molecule has 0 aromatic heterocycles. The average molecular weight is 807 g/mol. The molecule has 0 saturated heterocycles. The first-order chi connectivity index (χ1) is 27.2. The monoisotopic (exact) mass is 807 g/mol. The van der Waals surface area contributed by atoms with Gasteiger partial charge < -0.3 is 36.3 Å². The molecule has 4 aliphatic carbocycles. The third kappa shape index (κ3) is 12.8. The van der Waals surface area contributed by atoms with Crippen molar-refractivity contribution in [3.8, 4) is 0 Å². The lowest BCUT2D eigenvalue weighted by Gasteiger charge is -2.65.